The molecule has 3 aromatic carbocycles. The summed E-state index contributed by atoms with van der Waals surface area (Å²) in [6.07, 6.45) is -1.46. The molecule has 0 aromatic heterocycles. The van der Waals surface area contributed by atoms with Crippen molar-refractivity contribution in [3.05, 3.63) is 99.4 Å². The molecule has 0 bridgehead atoms. The fourth-order valence-electron chi connectivity index (χ4n) is 4.10. The summed E-state index contributed by atoms with van der Waals surface area (Å²) in [4.78, 5) is 34.5. The molecule has 1 atom stereocenters. The highest BCUT2D eigenvalue weighted by atomic mass is 19.1. The lowest BCUT2D eigenvalue weighted by Crippen LogP contribution is -2.43. The third kappa shape index (κ3) is 4.52. The Labute approximate surface area is 187 Å². The van der Waals surface area contributed by atoms with Crippen LogP contribution in [0.15, 0.2) is 66.7 Å². The van der Waals surface area contributed by atoms with Gasteiger partial charge < -0.3 is 15.2 Å². The molecule has 8 nitrogen and oxygen atoms in total. The fraction of sp³-hybridized carbons (Fsp3) is 0.167. The molecule has 33 heavy (non-hydrogen) atoms. The van der Waals surface area contributed by atoms with Crippen LogP contribution in [0.2, 0.25) is 0 Å². The van der Waals surface area contributed by atoms with Crippen LogP contribution in [0.1, 0.15) is 22.6 Å². The van der Waals surface area contributed by atoms with Crippen molar-refractivity contribution in [3.63, 3.8) is 0 Å². The molecule has 1 aliphatic rings. The number of benzene rings is 3. The van der Waals surface area contributed by atoms with Crippen LogP contribution in [0.25, 0.3) is 11.1 Å². The lowest BCUT2D eigenvalue weighted by atomic mass is 9.98. The Morgan fingerprint density at radius 2 is 1.67 bits per heavy atom. The number of rotatable bonds is 7. The number of carbonyl (C=O) groups is 2. The zero-order valence-electron chi connectivity index (χ0n) is 17.2. The first-order chi connectivity index (χ1) is 15.8. The van der Waals surface area contributed by atoms with Gasteiger partial charge in [-0.1, -0.05) is 48.5 Å². The maximum Gasteiger partial charge on any atom is 0.407 e. The van der Waals surface area contributed by atoms with E-state index < -0.39 is 41.0 Å². The SMILES string of the molecule is O=C(NC(Cc1cc(F)ccc1[N+](=O)[O-])C(=O)O)OCC1c2ccccc2-c2ccccc21. The number of nitro groups is 1. The maximum absolute atomic E-state index is 13.6. The number of fused-ring (bicyclic) bond motifs is 3. The van der Waals surface area contributed by atoms with Gasteiger partial charge in [-0.05, 0) is 34.4 Å². The minimum Gasteiger partial charge on any atom is -0.480 e. The van der Waals surface area contributed by atoms with Crippen molar-refractivity contribution in [3.8, 4) is 11.1 Å². The minimum atomic E-state index is -1.54. The molecule has 0 spiro atoms. The van der Waals surface area contributed by atoms with E-state index in [0.717, 1.165) is 40.5 Å². The Kier molecular flexibility index (Phi) is 6.03. The van der Waals surface area contributed by atoms with Crippen LogP contribution in [0.3, 0.4) is 0 Å². The van der Waals surface area contributed by atoms with Gasteiger partial charge in [0.25, 0.3) is 5.69 Å². The van der Waals surface area contributed by atoms with Crippen LogP contribution in [0.4, 0.5) is 14.9 Å². The Morgan fingerprint density at radius 1 is 1.06 bits per heavy atom. The van der Waals surface area contributed by atoms with E-state index in [9.17, 15) is 29.2 Å². The second-order valence-corrected chi connectivity index (χ2v) is 7.59. The summed E-state index contributed by atoms with van der Waals surface area (Å²) in [6, 6.07) is 16.7. The summed E-state index contributed by atoms with van der Waals surface area (Å²) in [5, 5.41) is 22.9. The van der Waals surface area contributed by atoms with E-state index in [2.05, 4.69) is 5.32 Å². The monoisotopic (exact) mass is 450 g/mol. The number of ether oxygens (including phenoxy) is 1. The lowest BCUT2D eigenvalue weighted by Gasteiger charge is -2.17. The minimum absolute atomic E-state index is 0.0215. The Morgan fingerprint density at radius 3 is 2.24 bits per heavy atom. The molecule has 0 fully saturated rings. The number of nitrogens with zero attached hydrogens (tertiary/aromatic N) is 1. The quantitative estimate of drug-likeness (QED) is 0.410. The average Bonchev–Trinajstić information content (AvgIpc) is 3.11. The van der Waals surface area contributed by atoms with Crippen molar-refractivity contribution >= 4 is 17.7 Å². The Hall–Kier alpha value is -4.27. The van der Waals surface area contributed by atoms with Crippen LogP contribution in [0.5, 0.6) is 0 Å². The van der Waals surface area contributed by atoms with Gasteiger partial charge in [0, 0.05) is 24.0 Å². The van der Waals surface area contributed by atoms with Gasteiger partial charge in [0.1, 0.15) is 18.5 Å². The van der Waals surface area contributed by atoms with E-state index in [1.807, 2.05) is 48.5 Å². The van der Waals surface area contributed by atoms with E-state index in [4.69, 9.17) is 4.74 Å². The van der Waals surface area contributed by atoms with Crippen molar-refractivity contribution in [2.24, 2.45) is 0 Å². The fourth-order valence-corrected chi connectivity index (χ4v) is 4.10. The molecule has 9 heteroatoms. The first kappa shape index (κ1) is 21.9. The standard InChI is InChI=1S/C24H19FN2O6/c25-15-9-10-22(27(31)32)14(11-15)12-21(23(28)29)26-24(30)33-13-20-18-7-3-1-5-16(18)17-6-2-4-8-19(17)20/h1-11,20-21H,12-13H2,(H,26,30)(H,28,29). The van der Waals surface area contributed by atoms with Gasteiger partial charge in [0.2, 0.25) is 0 Å². The van der Waals surface area contributed by atoms with Crippen LogP contribution in [0, 0.1) is 15.9 Å². The molecule has 0 saturated carbocycles. The molecular weight excluding hydrogens is 431 g/mol. The van der Waals surface area contributed by atoms with Crippen molar-refractivity contribution in [1.29, 1.82) is 0 Å². The van der Waals surface area contributed by atoms with Crippen molar-refractivity contribution in [1.82, 2.24) is 5.32 Å². The predicted molar refractivity (Wildman–Crippen MR) is 116 cm³/mol. The first-order valence-corrected chi connectivity index (χ1v) is 10.1. The molecule has 0 aliphatic heterocycles. The van der Waals surface area contributed by atoms with Crippen LogP contribution in [-0.4, -0.2) is 34.7 Å². The van der Waals surface area contributed by atoms with Crippen LogP contribution >= 0.6 is 0 Å². The number of aliphatic carboxylic acids is 1. The number of carbonyl (C=O) groups excluding carboxylic acids is 1. The lowest BCUT2D eigenvalue weighted by molar-refractivity contribution is -0.385. The number of amides is 1. The van der Waals surface area contributed by atoms with Gasteiger partial charge in [-0.15, -0.1) is 0 Å². The van der Waals surface area contributed by atoms with E-state index in [1.165, 1.54) is 0 Å². The van der Waals surface area contributed by atoms with Gasteiger partial charge in [-0.2, -0.15) is 0 Å². The maximum atomic E-state index is 13.6. The van der Waals surface area contributed by atoms with Crippen molar-refractivity contribution in [2.45, 2.75) is 18.4 Å². The second kappa shape index (κ2) is 9.07. The van der Waals surface area contributed by atoms with Gasteiger partial charge in [0.05, 0.1) is 4.92 Å². The Bertz CT molecular complexity index is 1200. The van der Waals surface area contributed by atoms with Gasteiger partial charge in [0.15, 0.2) is 0 Å². The van der Waals surface area contributed by atoms with Crippen molar-refractivity contribution < 1.29 is 28.7 Å². The predicted octanol–water partition coefficient (Wildman–Crippen LogP) is 4.27. The van der Waals surface area contributed by atoms with Gasteiger partial charge >= 0.3 is 12.1 Å². The summed E-state index contributed by atoms with van der Waals surface area (Å²) in [5.74, 6) is -2.39. The highest BCUT2D eigenvalue weighted by molar-refractivity contribution is 5.81. The summed E-state index contributed by atoms with van der Waals surface area (Å²) in [5.41, 5.74) is 3.50. The molecule has 1 aliphatic carbocycles. The van der Waals surface area contributed by atoms with E-state index in [-0.39, 0.29) is 18.1 Å². The number of carboxylic acids is 1. The smallest absolute Gasteiger partial charge is 0.407 e. The highest BCUT2D eigenvalue weighted by Gasteiger charge is 2.30. The summed E-state index contributed by atoms with van der Waals surface area (Å²) in [7, 11) is 0. The zero-order chi connectivity index (χ0) is 23.5. The van der Waals surface area contributed by atoms with Crippen LogP contribution in [-0.2, 0) is 16.0 Å². The normalized spacial score (nSPS) is 13.0. The largest absolute Gasteiger partial charge is 0.480 e. The second-order valence-electron chi connectivity index (χ2n) is 7.59. The van der Waals surface area contributed by atoms with E-state index >= 15 is 0 Å². The average molecular weight is 450 g/mol. The van der Waals surface area contributed by atoms with E-state index in [1.54, 1.807) is 0 Å². The number of nitrogens with one attached hydrogen (secondary N) is 1. The number of halogens is 1. The molecule has 0 radical (unpaired) electrons. The number of hydrogen-bond acceptors (Lipinski definition) is 5. The number of nitro benzene ring substituents is 1. The molecule has 168 valence electrons. The molecule has 1 amide bonds. The molecule has 0 saturated heterocycles. The molecule has 0 heterocycles. The zero-order valence-corrected chi connectivity index (χ0v) is 17.2. The van der Waals surface area contributed by atoms with Crippen LogP contribution < -0.4 is 5.32 Å². The van der Waals surface area contributed by atoms with E-state index in [0.29, 0.717) is 0 Å². The summed E-state index contributed by atoms with van der Waals surface area (Å²) >= 11 is 0. The molecule has 2 N–H and O–H groups in total. The third-order valence-corrected chi connectivity index (χ3v) is 5.60. The number of hydrogen-bond donors (Lipinski definition) is 2. The number of carboxylic acid groups (broad SMARTS) is 1. The van der Waals surface area contributed by atoms with Crippen molar-refractivity contribution in [2.75, 3.05) is 6.61 Å². The Balaban J connectivity index is 1.47. The topological polar surface area (TPSA) is 119 Å². The number of alkyl carbamates (subject to hydrolysis) is 1. The summed E-state index contributed by atoms with van der Waals surface area (Å²) in [6.45, 7) is -0.0215. The highest BCUT2D eigenvalue weighted by Crippen LogP contribution is 2.44. The molecule has 3 aromatic rings. The molecular formula is C24H19FN2O6. The first-order valence-electron chi connectivity index (χ1n) is 10.1. The van der Waals surface area contributed by atoms with Gasteiger partial charge in [-0.25, -0.2) is 14.0 Å². The molecule has 1 unspecified atom stereocenters. The van der Waals surface area contributed by atoms with Gasteiger partial charge in [-0.3, -0.25) is 10.1 Å². The molecule has 4 rings (SSSR count). The summed E-state index contributed by atoms with van der Waals surface area (Å²) < 4.78 is 18.9. The third-order valence-electron chi connectivity index (χ3n) is 5.60.